The first kappa shape index (κ1) is 14.2. The van der Waals surface area contributed by atoms with E-state index in [4.69, 9.17) is 21.1 Å². The summed E-state index contributed by atoms with van der Waals surface area (Å²) in [6.07, 6.45) is 0.774. The molecule has 3 nitrogen and oxygen atoms in total. The Hall–Kier alpha value is -1.78. The largest absolute Gasteiger partial charge is 0.454 e. The fourth-order valence-electron chi connectivity index (χ4n) is 2.28. The van der Waals surface area contributed by atoms with Crippen LogP contribution in [0.1, 0.15) is 11.1 Å². The number of hydrogen-bond donors (Lipinski definition) is 1. The molecule has 0 aromatic heterocycles. The van der Waals surface area contributed by atoms with Gasteiger partial charge in [-0.2, -0.15) is 0 Å². The van der Waals surface area contributed by atoms with Gasteiger partial charge >= 0.3 is 0 Å². The van der Waals surface area contributed by atoms with Gasteiger partial charge in [-0.1, -0.05) is 23.7 Å². The van der Waals surface area contributed by atoms with Gasteiger partial charge in [-0.3, -0.25) is 0 Å². The molecule has 1 aliphatic rings. The quantitative estimate of drug-likeness (QED) is 0.857. The van der Waals surface area contributed by atoms with E-state index in [1.165, 1.54) is 6.07 Å². The second-order valence-electron chi connectivity index (χ2n) is 4.87. The molecule has 1 aliphatic heterocycles. The molecule has 0 spiro atoms. The predicted molar refractivity (Wildman–Crippen MR) is 79.4 cm³/mol. The van der Waals surface area contributed by atoms with Crippen molar-refractivity contribution >= 4 is 11.6 Å². The number of halogens is 2. The highest BCUT2D eigenvalue weighted by Gasteiger charge is 2.17. The molecule has 0 saturated heterocycles. The molecular weight excluding hydrogens is 293 g/mol. The third-order valence-electron chi connectivity index (χ3n) is 3.30. The van der Waals surface area contributed by atoms with Crippen molar-refractivity contribution in [3.63, 3.8) is 0 Å². The molecule has 0 fully saturated rings. The maximum absolute atomic E-state index is 13.1. The second kappa shape index (κ2) is 6.33. The first-order valence-corrected chi connectivity index (χ1v) is 7.13. The smallest absolute Gasteiger partial charge is 0.231 e. The number of hydrogen-bond acceptors (Lipinski definition) is 3. The molecule has 5 heteroatoms. The summed E-state index contributed by atoms with van der Waals surface area (Å²) >= 11 is 6.13. The fourth-order valence-corrected chi connectivity index (χ4v) is 2.57. The van der Waals surface area contributed by atoms with Gasteiger partial charge in [-0.15, -0.1) is 0 Å². The van der Waals surface area contributed by atoms with Crippen LogP contribution < -0.4 is 14.8 Å². The molecule has 3 rings (SSSR count). The minimum absolute atomic E-state index is 0.199. The van der Waals surface area contributed by atoms with E-state index < -0.39 is 0 Å². The zero-order valence-corrected chi connectivity index (χ0v) is 12.1. The standard InChI is InChI=1S/C16H15ClFNO2/c17-14-7-12(8-15-16(14)21-10-20-15)9-19-5-4-11-2-1-3-13(18)6-11/h1-3,6-8,19H,4-5,9-10H2. The Morgan fingerprint density at radius 1 is 1.14 bits per heavy atom. The molecule has 0 unspecified atom stereocenters. The lowest BCUT2D eigenvalue weighted by Crippen LogP contribution is -2.16. The third-order valence-corrected chi connectivity index (χ3v) is 3.58. The molecule has 2 aromatic rings. The van der Waals surface area contributed by atoms with E-state index >= 15 is 0 Å². The van der Waals surface area contributed by atoms with Gasteiger partial charge in [0.25, 0.3) is 0 Å². The van der Waals surface area contributed by atoms with Crippen molar-refractivity contribution in [3.8, 4) is 11.5 Å². The first-order chi connectivity index (χ1) is 10.2. The zero-order valence-electron chi connectivity index (χ0n) is 11.4. The Balaban J connectivity index is 1.53. The van der Waals surface area contributed by atoms with Gasteiger partial charge in [-0.25, -0.2) is 4.39 Å². The topological polar surface area (TPSA) is 30.5 Å². The molecule has 110 valence electrons. The minimum atomic E-state index is -0.199. The lowest BCUT2D eigenvalue weighted by Gasteiger charge is -2.07. The van der Waals surface area contributed by atoms with Crippen LogP contribution in [0.5, 0.6) is 11.5 Å². The molecule has 0 atom stereocenters. The molecule has 1 heterocycles. The summed E-state index contributed by atoms with van der Waals surface area (Å²) in [6.45, 7) is 1.65. The van der Waals surface area contributed by atoms with Gasteiger partial charge in [0.05, 0.1) is 5.02 Å². The third kappa shape index (κ3) is 3.46. The Morgan fingerprint density at radius 3 is 2.90 bits per heavy atom. The van der Waals surface area contributed by atoms with E-state index in [1.54, 1.807) is 12.1 Å². The Bertz CT molecular complexity index is 648. The van der Waals surface area contributed by atoms with Crippen molar-refractivity contribution in [2.75, 3.05) is 13.3 Å². The van der Waals surface area contributed by atoms with Crippen LogP contribution in [-0.2, 0) is 13.0 Å². The first-order valence-electron chi connectivity index (χ1n) is 6.75. The summed E-state index contributed by atoms with van der Waals surface area (Å²) in [5.41, 5.74) is 2.01. The minimum Gasteiger partial charge on any atom is -0.454 e. The predicted octanol–water partition coefficient (Wildman–Crippen LogP) is 3.54. The van der Waals surface area contributed by atoms with Crippen LogP contribution in [-0.4, -0.2) is 13.3 Å². The van der Waals surface area contributed by atoms with Gasteiger partial charge in [0.1, 0.15) is 5.82 Å². The zero-order chi connectivity index (χ0) is 14.7. The van der Waals surface area contributed by atoms with Crippen LogP contribution in [0, 0.1) is 5.82 Å². The van der Waals surface area contributed by atoms with Crippen molar-refractivity contribution in [1.29, 1.82) is 0 Å². The van der Waals surface area contributed by atoms with Crippen LogP contribution in [0.15, 0.2) is 36.4 Å². The molecule has 0 aliphatic carbocycles. The van der Waals surface area contributed by atoms with Crippen LogP contribution in [0.4, 0.5) is 4.39 Å². The number of ether oxygens (including phenoxy) is 2. The van der Waals surface area contributed by atoms with Crippen molar-refractivity contribution in [3.05, 3.63) is 58.4 Å². The summed E-state index contributed by atoms with van der Waals surface area (Å²) < 4.78 is 23.7. The maximum atomic E-state index is 13.1. The van der Waals surface area contributed by atoms with Gasteiger partial charge < -0.3 is 14.8 Å². The molecule has 0 amide bonds. The second-order valence-corrected chi connectivity index (χ2v) is 5.28. The van der Waals surface area contributed by atoms with Crippen LogP contribution in [0.2, 0.25) is 5.02 Å². The van der Waals surface area contributed by atoms with Crippen molar-refractivity contribution in [1.82, 2.24) is 5.32 Å². The number of rotatable bonds is 5. The lowest BCUT2D eigenvalue weighted by molar-refractivity contribution is 0.174. The van der Waals surface area contributed by atoms with Crippen LogP contribution in [0.25, 0.3) is 0 Å². The van der Waals surface area contributed by atoms with Crippen LogP contribution >= 0.6 is 11.6 Å². The average Bonchev–Trinajstić information content (AvgIpc) is 2.93. The highest BCUT2D eigenvalue weighted by Crippen LogP contribution is 2.39. The summed E-state index contributed by atoms with van der Waals surface area (Å²) in [7, 11) is 0. The van der Waals surface area contributed by atoms with Gasteiger partial charge in [0.2, 0.25) is 6.79 Å². The molecule has 0 bridgehead atoms. The lowest BCUT2D eigenvalue weighted by atomic mass is 10.1. The maximum Gasteiger partial charge on any atom is 0.231 e. The fraction of sp³-hybridized carbons (Fsp3) is 0.250. The molecule has 0 radical (unpaired) electrons. The van der Waals surface area contributed by atoms with Crippen molar-refractivity contribution in [2.24, 2.45) is 0 Å². The average molecular weight is 308 g/mol. The Morgan fingerprint density at radius 2 is 2.05 bits per heavy atom. The van der Waals surface area contributed by atoms with Crippen molar-refractivity contribution in [2.45, 2.75) is 13.0 Å². The van der Waals surface area contributed by atoms with Crippen LogP contribution in [0.3, 0.4) is 0 Å². The summed E-state index contributed by atoms with van der Waals surface area (Å²) in [5, 5.41) is 3.87. The molecule has 21 heavy (non-hydrogen) atoms. The summed E-state index contributed by atoms with van der Waals surface area (Å²) in [5.74, 6) is 1.10. The van der Waals surface area contributed by atoms with E-state index in [9.17, 15) is 4.39 Å². The number of benzene rings is 2. The van der Waals surface area contributed by atoms with E-state index in [0.29, 0.717) is 23.1 Å². The number of fused-ring (bicyclic) bond motifs is 1. The monoisotopic (exact) mass is 307 g/mol. The van der Waals surface area contributed by atoms with Gasteiger partial charge in [0.15, 0.2) is 11.5 Å². The Kier molecular flexibility index (Phi) is 4.27. The molecule has 1 N–H and O–H groups in total. The van der Waals surface area contributed by atoms with E-state index in [2.05, 4.69) is 5.32 Å². The van der Waals surface area contributed by atoms with E-state index in [-0.39, 0.29) is 12.6 Å². The summed E-state index contributed by atoms with van der Waals surface area (Å²) in [4.78, 5) is 0. The molecular formula is C16H15ClFNO2. The van der Waals surface area contributed by atoms with E-state index in [1.807, 2.05) is 18.2 Å². The Labute approximate surface area is 127 Å². The van der Waals surface area contributed by atoms with Gasteiger partial charge in [0, 0.05) is 6.54 Å². The highest BCUT2D eigenvalue weighted by molar-refractivity contribution is 6.32. The highest BCUT2D eigenvalue weighted by atomic mass is 35.5. The summed E-state index contributed by atoms with van der Waals surface area (Å²) in [6, 6.07) is 10.4. The van der Waals surface area contributed by atoms with E-state index in [0.717, 1.165) is 24.1 Å². The molecule has 0 saturated carbocycles. The normalized spacial score (nSPS) is 12.7. The van der Waals surface area contributed by atoms with Crippen molar-refractivity contribution < 1.29 is 13.9 Å². The van der Waals surface area contributed by atoms with Gasteiger partial charge in [-0.05, 0) is 48.4 Å². The number of nitrogens with one attached hydrogen (secondary N) is 1. The molecule has 2 aromatic carbocycles. The SMILES string of the molecule is Fc1cccc(CCNCc2cc(Cl)c3c(c2)OCO3)c1.